The molecule has 7 nitrogen and oxygen atoms in total. The van der Waals surface area contributed by atoms with Gasteiger partial charge >= 0.3 is 0 Å². The van der Waals surface area contributed by atoms with Crippen molar-refractivity contribution in [2.45, 2.75) is 32.9 Å². The maximum absolute atomic E-state index is 13.0. The summed E-state index contributed by atoms with van der Waals surface area (Å²) >= 11 is 0. The molecule has 0 aliphatic carbocycles. The van der Waals surface area contributed by atoms with Crippen molar-refractivity contribution in [3.05, 3.63) is 65.0 Å². The van der Waals surface area contributed by atoms with E-state index in [1.165, 1.54) is 4.90 Å². The van der Waals surface area contributed by atoms with Crippen molar-refractivity contribution < 1.29 is 14.4 Å². The van der Waals surface area contributed by atoms with Crippen molar-refractivity contribution in [1.82, 2.24) is 14.8 Å². The quantitative estimate of drug-likeness (QED) is 0.807. The lowest BCUT2D eigenvalue weighted by molar-refractivity contribution is 0.0532. The zero-order valence-corrected chi connectivity index (χ0v) is 16.6. The highest BCUT2D eigenvalue weighted by Gasteiger charge is 2.38. The molecule has 2 aliphatic rings. The Balaban J connectivity index is 1.57. The van der Waals surface area contributed by atoms with Gasteiger partial charge in [-0.25, -0.2) is 0 Å². The zero-order valence-electron chi connectivity index (χ0n) is 16.6. The number of fused-ring (bicyclic) bond motifs is 1. The summed E-state index contributed by atoms with van der Waals surface area (Å²) in [5, 5.41) is 0. The Morgan fingerprint density at radius 3 is 2.52 bits per heavy atom. The summed E-state index contributed by atoms with van der Waals surface area (Å²) in [4.78, 5) is 45.5. The number of hydrogen-bond donors (Lipinski definition) is 1. The van der Waals surface area contributed by atoms with Gasteiger partial charge in [0.2, 0.25) is 0 Å². The van der Waals surface area contributed by atoms with Crippen LogP contribution < -0.4 is 5.73 Å². The number of carbonyl (C=O) groups excluding carboxylic acids is 3. The SMILES string of the molecule is CC1(C)CN(C(=O)c2ccc3c(c2)C(=O)N(Cc2ccncc2)C3=O)CCC1N. The van der Waals surface area contributed by atoms with E-state index in [4.69, 9.17) is 5.73 Å². The zero-order chi connectivity index (χ0) is 20.8. The lowest BCUT2D eigenvalue weighted by Gasteiger charge is -2.42. The van der Waals surface area contributed by atoms with Crippen LogP contribution in [-0.2, 0) is 6.54 Å². The Kier molecular flexibility index (Phi) is 4.70. The Hall–Kier alpha value is -3.06. The summed E-state index contributed by atoms with van der Waals surface area (Å²) in [5.74, 6) is -0.857. The molecule has 2 N–H and O–H groups in total. The minimum Gasteiger partial charge on any atom is -0.338 e. The summed E-state index contributed by atoms with van der Waals surface area (Å²) in [5.41, 5.74) is 7.85. The third-order valence-corrected chi connectivity index (χ3v) is 5.91. The second kappa shape index (κ2) is 7.08. The number of rotatable bonds is 3. The molecule has 2 aliphatic heterocycles. The highest BCUT2D eigenvalue weighted by molar-refractivity contribution is 6.22. The van der Waals surface area contributed by atoms with Gasteiger partial charge in [0.15, 0.2) is 0 Å². The first-order valence-corrected chi connectivity index (χ1v) is 9.72. The molecule has 2 aromatic rings. The number of piperidine rings is 1. The number of imide groups is 1. The van der Waals surface area contributed by atoms with Gasteiger partial charge in [-0.2, -0.15) is 0 Å². The van der Waals surface area contributed by atoms with Gasteiger partial charge in [0.05, 0.1) is 17.7 Å². The molecule has 3 amide bonds. The highest BCUT2D eigenvalue weighted by Crippen LogP contribution is 2.30. The summed E-state index contributed by atoms with van der Waals surface area (Å²) in [6, 6.07) is 8.33. The molecule has 4 rings (SSSR count). The predicted molar refractivity (Wildman–Crippen MR) is 107 cm³/mol. The van der Waals surface area contributed by atoms with Crippen molar-refractivity contribution in [2.75, 3.05) is 13.1 Å². The Labute approximate surface area is 169 Å². The Morgan fingerprint density at radius 1 is 1.14 bits per heavy atom. The summed E-state index contributed by atoms with van der Waals surface area (Å²) in [6.45, 7) is 5.43. The molecule has 1 atom stereocenters. The van der Waals surface area contributed by atoms with E-state index >= 15 is 0 Å². The molecule has 3 heterocycles. The van der Waals surface area contributed by atoms with Gasteiger partial charge in [0, 0.05) is 37.1 Å². The largest absolute Gasteiger partial charge is 0.338 e. The van der Waals surface area contributed by atoms with E-state index in [-0.39, 0.29) is 41.3 Å². The number of hydrogen-bond acceptors (Lipinski definition) is 5. The Bertz CT molecular complexity index is 987. The maximum atomic E-state index is 13.0. The van der Waals surface area contributed by atoms with Crippen LogP contribution in [0.1, 0.15) is 56.9 Å². The number of aromatic nitrogens is 1. The number of benzene rings is 1. The average Bonchev–Trinajstić information content (AvgIpc) is 2.94. The number of nitrogens with two attached hydrogens (primary N) is 1. The van der Waals surface area contributed by atoms with E-state index in [9.17, 15) is 14.4 Å². The van der Waals surface area contributed by atoms with Crippen LogP contribution in [0.25, 0.3) is 0 Å². The van der Waals surface area contributed by atoms with Crippen molar-refractivity contribution in [3.63, 3.8) is 0 Å². The van der Waals surface area contributed by atoms with Crippen LogP contribution in [0.2, 0.25) is 0 Å². The van der Waals surface area contributed by atoms with Crippen molar-refractivity contribution >= 4 is 17.7 Å². The van der Waals surface area contributed by atoms with Crippen molar-refractivity contribution in [2.24, 2.45) is 11.1 Å². The summed E-state index contributed by atoms with van der Waals surface area (Å²) in [6.07, 6.45) is 3.98. The number of amides is 3. The summed E-state index contributed by atoms with van der Waals surface area (Å²) < 4.78 is 0. The average molecular weight is 392 g/mol. The van der Waals surface area contributed by atoms with E-state index in [1.807, 2.05) is 0 Å². The highest BCUT2D eigenvalue weighted by atomic mass is 16.2. The van der Waals surface area contributed by atoms with Gasteiger partial charge in [0.1, 0.15) is 0 Å². The van der Waals surface area contributed by atoms with Crippen LogP contribution in [0.3, 0.4) is 0 Å². The van der Waals surface area contributed by atoms with E-state index < -0.39 is 0 Å². The van der Waals surface area contributed by atoms with Gasteiger partial charge in [0.25, 0.3) is 17.7 Å². The summed E-state index contributed by atoms with van der Waals surface area (Å²) in [7, 11) is 0. The van der Waals surface area contributed by atoms with Crippen LogP contribution in [0.15, 0.2) is 42.7 Å². The molecule has 150 valence electrons. The van der Waals surface area contributed by atoms with E-state index in [2.05, 4.69) is 18.8 Å². The third-order valence-electron chi connectivity index (χ3n) is 5.91. The molecule has 29 heavy (non-hydrogen) atoms. The standard InChI is InChI=1S/C22H24N4O3/c1-22(2)13-25(10-7-18(22)23)19(27)15-3-4-16-17(11-15)21(29)26(20(16)28)12-14-5-8-24-9-6-14/h3-6,8-9,11,18H,7,10,12-13,23H2,1-2H3. The smallest absolute Gasteiger partial charge is 0.261 e. The third kappa shape index (κ3) is 3.42. The number of nitrogens with zero attached hydrogens (tertiary/aromatic N) is 3. The second-order valence-electron chi connectivity index (χ2n) is 8.42. The topological polar surface area (TPSA) is 96.6 Å². The first-order valence-electron chi connectivity index (χ1n) is 9.72. The lowest BCUT2D eigenvalue weighted by atomic mass is 9.79. The minimum absolute atomic E-state index is 0.0486. The number of pyridine rings is 1. The number of likely N-dealkylation sites (tertiary alicyclic amines) is 1. The van der Waals surface area contributed by atoms with E-state index in [0.29, 0.717) is 24.2 Å². The van der Waals surface area contributed by atoms with Crippen LogP contribution in [0.4, 0.5) is 0 Å². The minimum atomic E-state index is -0.377. The first-order chi connectivity index (χ1) is 13.8. The fraction of sp³-hybridized carbons (Fsp3) is 0.364. The molecule has 1 aromatic carbocycles. The van der Waals surface area contributed by atoms with Crippen LogP contribution >= 0.6 is 0 Å². The molecule has 0 spiro atoms. The van der Waals surface area contributed by atoms with Crippen LogP contribution in [0.5, 0.6) is 0 Å². The molecule has 0 saturated carbocycles. The normalized spacial score (nSPS) is 20.7. The first kappa shape index (κ1) is 19.3. The van der Waals surface area contributed by atoms with E-state index in [1.54, 1.807) is 47.6 Å². The van der Waals surface area contributed by atoms with Gasteiger partial charge in [-0.3, -0.25) is 24.3 Å². The van der Waals surface area contributed by atoms with Crippen molar-refractivity contribution in [3.8, 4) is 0 Å². The second-order valence-corrected chi connectivity index (χ2v) is 8.42. The van der Waals surface area contributed by atoms with Crippen LogP contribution in [-0.4, -0.2) is 51.6 Å². The molecule has 7 heteroatoms. The van der Waals surface area contributed by atoms with Gasteiger partial charge in [-0.15, -0.1) is 0 Å². The molecular formula is C22H24N4O3. The predicted octanol–water partition coefficient (Wildman–Crippen LogP) is 2.08. The molecule has 0 radical (unpaired) electrons. The monoisotopic (exact) mass is 392 g/mol. The number of carbonyl (C=O) groups is 3. The van der Waals surface area contributed by atoms with E-state index in [0.717, 1.165) is 12.0 Å². The molecule has 1 fully saturated rings. The fourth-order valence-corrected chi connectivity index (χ4v) is 3.97. The fourth-order valence-electron chi connectivity index (χ4n) is 3.97. The molecular weight excluding hydrogens is 368 g/mol. The molecule has 1 unspecified atom stereocenters. The van der Waals surface area contributed by atoms with Gasteiger partial charge < -0.3 is 10.6 Å². The maximum Gasteiger partial charge on any atom is 0.261 e. The molecule has 0 bridgehead atoms. The van der Waals surface area contributed by atoms with Crippen molar-refractivity contribution in [1.29, 1.82) is 0 Å². The van der Waals surface area contributed by atoms with Crippen LogP contribution in [0, 0.1) is 5.41 Å². The lowest BCUT2D eigenvalue weighted by Crippen LogP contribution is -2.54. The van der Waals surface area contributed by atoms with Gasteiger partial charge in [-0.1, -0.05) is 13.8 Å². The van der Waals surface area contributed by atoms with Gasteiger partial charge in [-0.05, 0) is 47.7 Å². The molecule has 1 saturated heterocycles. The Morgan fingerprint density at radius 2 is 1.83 bits per heavy atom. The molecule has 1 aromatic heterocycles.